The van der Waals surface area contributed by atoms with E-state index in [2.05, 4.69) is 4.98 Å². The van der Waals surface area contributed by atoms with E-state index in [1.165, 1.54) is 0 Å². The van der Waals surface area contributed by atoms with Gasteiger partial charge in [0.25, 0.3) is 0 Å². The Morgan fingerprint density at radius 1 is 1.22 bits per heavy atom. The highest BCUT2D eigenvalue weighted by molar-refractivity contribution is 5.75. The molecule has 5 nitrogen and oxygen atoms in total. The number of carbonyl (C=O) groups excluding carboxylic acids is 1. The minimum atomic E-state index is -0.784. The van der Waals surface area contributed by atoms with E-state index < -0.39 is 12.1 Å². The van der Waals surface area contributed by atoms with Crippen molar-refractivity contribution in [2.24, 2.45) is 5.92 Å². The molecule has 0 N–H and O–H groups in total. The average Bonchev–Trinajstić information content (AvgIpc) is 2.58. The van der Waals surface area contributed by atoms with Crippen molar-refractivity contribution >= 4 is 5.97 Å². The van der Waals surface area contributed by atoms with Crippen LogP contribution in [-0.2, 0) is 16.1 Å². The van der Waals surface area contributed by atoms with Gasteiger partial charge in [0.15, 0.2) is 6.10 Å². The monoisotopic (exact) mass is 310 g/mol. The molecule has 1 heterocycles. The number of aromatic nitrogens is 1. The van der Waals surface area contributed by atoms with E-state index in [4.69, 9.17) is 14.7 Å². The minimum absolute atomic E-state index is 0.0894. The van der Waals surface area contributed by atoms with E-state index >= 15 is 0 Å². The van der Waals surface area contributed by atoms with Crippen molar-refractivity contribution < 1.29 is 14.3 Å². The second-order valence-electron chi connectivity index (χ2n) is 5.32. The number of benzene rings is 1. The van der Waals surface area contributed by atoms with Crippen LogP contribution in [0.4, 0.5) is 0 Å². The fourth-order valence-corrected chi connectivity index (χ4v) is 1.97. The third-order valence-corrected chi connectivity index (χ3v) is 3.19. The second-order valence-corrected chi connectivity index (χ2v) is 5.32. The van der Waals surface area contributed by atoms with Gasteiger partial charge in [-0.15, -0.1) is 0 Å². The van der Waals surface area contributed by atoms with E-state index in [0.717, 1.165) is 0 Å². The zero-order valence-corrected chi connectivity index (χ0v) is 13.1. The zero-order chi connectivity index (χ0) is 16.7. The maximum Gasteiger partial charge on any atom is 0.347 e. The van der Waals surface area contributed by atoms with E-state index in [9.17, 15) is 4.79 Å². The molecule has 0 radical (unpaired) electrons. The number of nitriles is 1. The molecule has 0 saturated carbocycles. The molecule has 23 heavy (non-hydrogen) atoms. The van der Waals surface area contributed by atoms with E-state index in [0.29, 0.717) is 17.0 Å². The van der Waals surface area contributed by atoms with Crippen LogP contribution in [0.1, 0.15) is 25.1 Å². The molecular weight excluding hydrogens is 292 g/mol. The average molecular weight is 310 g/mol. The maximum atomic E-state index is 12.3. The predicted octanol–water partition coefficient (Wildman–Crippen LogP) is 3.10. The molecule has 0 aliphatic heterocycles. The van der Waals surface area contributed by atoms with Crippen molar-refractivity contribution in [3.05, 3.63) is 59.9 Å². The molecule has 0 saturated heterocycles. The van der Waals surface area contributed by atoms with Crippen LogP contribution in [0.25, 0.3) is 0 Å². The topological polar surface area (TPSA) is 72.2 Å². The Kier molecular flexibility index (Phi) is 5.70. The fourth-order valence-electron chi connectivity index (χ4n) is 1.97. The van der Waals surface area contributed by atoms with Gasteiger partial charge in [-0.1, -0.05) is 32.0 Å². The fraction of sp³-hybridized carbons (Fsp3) is 0.278. The van der Waals surface area contributed by atoms with Crippen molar-refractivity contribution in [2.45, 2.75) is 26.6 Å². The Morgan fingerprint density at radius 2 is 1.96 bits per heavy atom. The second kappa shape index (κ2) is 7.95. The standard InChI is InChI=1S/C18H18N2O3/c1-13(2)17(23-16-9-4-3-7-14(16)11-19)18(21)22-12-15-8-5-6-10-20-15/h3-10,13,17H,12H2,1-2H3. The summed E-state index contributed by atoms with van der Waals surface area (Å²) in [5.41, 5.74) is 1.05. The number of hydrogen-bond donors (Lipinski definition) is 0. The highest BCUT2D eigenvalue weighted by Gasteiger charge is 2.27. The van der Waals surface area contributed by atoms with Gasteiger partial charge in [0.1, 0.15) is 18.4 Å². The van der Waals surface area contributed by atoms with Gasteiger partial charge < -0.3 is 9.47 Å². The summed E-state index contributed by atoms with van der Waals surface area (Å²) >= 11 is 0. The summed E-state index contributed by atoms with van der Waals surface area (Å²) in [7, 11) is 0. The predicted molar refractivity (Wildman–Crippen MR) is 84.4 cm³/mol. The summed E-state index contributed by atoms with van der Waals surface area (Å²) in [5.74, 6) is -0.195. The largest absolute Gasteiger partial charge is 0.477 e. The Bertz CT molecular complexity index is 693. The highest BCUT2D eigenvalue weighted by Crippen LogP contribution is 2.21. The summed E-state index contributed by atoms with van der Waals surface area (Å²) in [6, 6.07) is 14.3. The van der Waals surface area contributed by atoms with Gasteiger partial charge in [0.2, 0.25) is 0 Å². The Balaban J connectivity index is 2.06. The van der Waals surface area contributed by atoms with Crippen LogP contribution in [0.3, 0.4) is 0 Å². The number of rotatable bonds is 6. The van der Waals surface area contributed by atoms with Crippen LogP contribution < -0.4 is 4.74 Å². The Hall–Kier alpha value is -2.87. The number of esters is 1. The lowest BCUT2D eigenvalue weighted by Crippen LogP contribution is -2.34. The summed E-state index contributed by atoms with van der Waals surface area (Å²) in [4.78, 5) is 16.4. The molecule has 2 aromatic rings. The Morgan fingerprint density at radius 3 is 2.61 bits per heavy atom. The summed E-state index contributed by atoms with van der Waals surface area (Å²) in [6.45, 7) is 3.81. The lowest BCUT2D eigenvalue weighted by molar-refractivity contribution is -0.155. The zero-order valence-electron chi connectivity index (χ0n) is 13.1. The molecule has 1 aromatic carbocycles. The van der Waals surface area contributed by atoms with Gasteiger partial charge in [-0.05, 0) is 24.3 Å². The van der Waals surface area contributed by atoms with Gasteiger partial charge >= 0.3 is 5.97 Å². The van der Waals surface area contributed by atoms with Gasteiger partial charge in [-0.3, -0.25) is 4.98 Å². The van der Waals surface area contributed by atoms with Gasteiger partial charge in [-0.2, -0.15) is 5.26 Å². The smallest absolute Gasteiger partial charge is 0.347 e. The molecule has 1 unspecified atom stereocenters. The molecule has 2 rings (SSSR count). The lowest BCUT2D eigenvalue weighted by Gasteiger charge is -2.21. The molecule has 0 aliphatic carbocycles. The first-order chi connectivity index (χ1) is 11.1. The molecule has 0 spiro atoms. The molecule has 0 fully saturated rings. The number of carbonyl (C=O) groups is 1. The molecular formula is C18H18N2O3. The number of nitrogens with zero attached hydrogens (tertiary/aromatic N) is 2. The highest BCUT2D eigenvalue weighted by atomic mass is 16.6. The number of pyridine rings is 1. The minimum Gasteiger partial charge on any atom is -0.477 e. The van der Waals surface area contributed by atoms with E-state index in [1.807, 2.05) is 26.0 Å². The number of hydrogen-bond acceptors (Lipinski definition) is 5. The first kappa shape index (κ1) is 16.5. The van der Waals surface area contributed by atoms with Gasteiger partial charge in [0, 0.05) is 12.1 Å². The summed E-state index contributed by atoms with van der Waals surface area (Å²) in [6.07, 6.45) is 0.858. The first-order valence-electron chi connectivity index (χ1n) is 7.34. The Labute approximate surface area is 135 Å². The van der Waals surface area contributed by atoms with Crippen LogP contribution in [0.15, 0.2) is 48.7 Å². The molecule has 0 amide bonds. The maximum absolute atomic E-state index is 12.3. The number of para-hydroxylation sites is 1. The van der Waals surface area contributed by atoms with Crippen LogP contribution in [0.2, 0.25) is 0 Å². The van der Waals surface area contributed by atoms with E-state index in [1.54, 1.807) is 42.6 Å². The van der Waals surface area contributed by atoms with Gasteiger partial charge in [0.05, 0.1) is 11.3 Å². The quantitative estimate of drug-likeness (QED) is 0.767. The van der Waals surface area contributed by atoms with Crippen LogP contribution >= 0.6 is 0 Å². The first-order valence-corrected chi connectivity index (χ1v) is 7.34. The summed E-state index contributed by atoms with van der Waals surface area (Å²) in [5, 5.41) is 9.11. The van der Waals surface area contributed by atoms with Crippen LogP contribution in [0, 0.1) is 17.2 Å². The molecule has 5 heteroatoms. The van der Waals surface area contributed by atoms with Gasteiger partial charge in [-0.25, -0.2) is 4.79 Å². The molecule has 0 aliphatic rings. The normalized spacial score (nSPS) is 11.6. The van der Waals surface area contributed by atoms with Crippen LogP contribution in [0.5, 0.6) is 5.75 Å². The number of ether oxygens (including phenoxy) is 2. The third-order valence-electron chi connectivity index (χ3n) is 3.19. The van der Waals surface area contributed by atoms with Crippen LogP contribution in [-0.4, -0.2) is 17.1 Å². The lowest BCUT2D eigenvalue weighted by atomic mass is 10.1. The SMILES string of the molecule is CC(C)C(Oc1ccccc1C#N)C(=O)OCc1ccccn1. The molecule has 0 bridgehead atoms. The van der Waals surface area contributed by atoms with Crippen molar-refractivity contribution in [3.8, 4) is 11.8 Å². The van der Waals surface area contributed by atoms with Crippen molar-refractivity contribution in [1.29, 1.82) is 5.26 Å². The van der Waals surface area contributed by atoms with Crippen molar-refractivity contribution in [2.75, 3.05) is 0 Å². The molecule has 1 aromatic heterocycles. The molecule has 1 atom stereocenters. The van der Waals surface area contributed by atoms with E-state index in [-0.39, 0.29) is 12.5 Å². The molecule has 118 valence electrons. The third kappa shape index (κ3) is 4.55. The summed E-state index contributed by atoms with van der Waals surface area (Å²) < 4.78 is 11.0. The van der Waals surface area contributed by atoms with Crippen molar-refractivity contribution in [1.82, 2.24) is 4.98 Å². The van der Waals surface area contributed by atoms with Crippen molar-refractivity contribution in [3.63, 3.8) is 0 Å².